The molecule has 0 atom stereocenters. The predicted molar refractivity (Wildman–Crippen MR) is 114 cm³/mol. The van der Waals surface area contributed by atoms with E-state index >= 15 is 0 Å². The molecule has 1 aliphatic carbocycles. The number of thioether (sulfide) groups is 1. The van der Waals surface area contributed by atoms with Crippen LogP contribution in [0.1, 0.15) is 39.5 Å². The molecule has 3 rings (SSSR count). The van der Waals surface area contributed by atoms with Crippen molar-refractivity contribution >= 4 is 44.5 Å². The van der Waals surface area contributed by atoms with Gasteiger partial charge in [-0.1, -0.05) is 34.6 Å². The van der Waals surface area contributed by atoms with Gasteiger partial charge >= 0.3 is 0 Å². The number of halogens is 1. The molecular weight excluding hydrogens is 426 g/mol. The third-order valence-electron chi connectivity index (χ3n) is 5.45. The van der Waals surface area contributed by atoms with Crippen molar-refractivity contribution in [3.63, 3.8) is 0 Å². The highest BCUT2D eigenvalue weighted by Gasteiger charge is 2.25. The summed E-state index contributed by atoms with van der Waals surface area (Å²) in [5.41, 5.74) is 0.603. The van der Waals surface area contributed by atoms with Crippen LogP contribution in [0.2, 0.25) is 0 Å². The minimum absolute atomic E-state index is 0.0617. The van der Waals surface area contributed by atoms with Crippen LogP contribution in [0.4, 0.5) is 0 Å². The number of hydrogen-bond donors (Lipinski definition) is 0. The molecule has 0 N–H and O–H groups in total. The first kappa shape index (κ1) is 20.4. The van der Waals surface area contributed by atoms with E-state index in [1.54, 1.807) is 10.6 Å². The maximum Gasteiger partial charge on any atom is 0.262 e. The van der Waals surface area contributed by atoms with Gasteiger partial charge < -0.3 is 4.90 Å². The molecule has 1 amide bonds. The Morgan fingerprint density at radius 2 is 2.04 bits per heavy atom. The summed E-state index contributed by atoms with van der Waals surface area (Å²) in [6.45, 7) is 4.73. The van der Waals surface area contributed by atoms with Gasteiger partial charge in [-0.2, -0.15) is 0 Å². The second-order valence-corrected chi connectivity index (χ2v) is 9.17. The molecule has 1 saturated carbocycles. The number of benzene rings is 1. The summed E-state index contributed by atoms with van der Waals surface area (Å²) in [4.78, 5) is 32.0. The second kappa shape index (κ2) is 8.78. The van der Waals surface area contributed by atoms with E-state index in [4.69, 9.17) is 0 Å². The van der Waals surface area contributed by atoms with Crippen LogP contribution in [0, 0.1) is 5.92 Å². The largest absolute Gasteiger partial charge is 0.342 e. The van der Waals surface area contributed by atoms with E-state index in [0.717, 1.165) is 23.2 Å². The van der Waals surface area contributed by atoms with Crippen molar-refractivity contribution in [2.75, 3.05) is 12.8 Å². The van der Waals surface area contributed by atoms with Crippen LogP contribution in [0.3, 0.4) is 0 Å². The van der Waals surface area contributed by atoms with Crippen molar-refractivity contribution in [3.8, 4) is 0 Å². The summed E-state index contributed by atoms with van der Waals surface area (Å²) >= 11 is 4.76. The summed E-state index contributed by atoms with van der Waals surface area (Å²) in [5.74, 6) is 1.17. The van der Waals surface area contributed by atoms with Gasteiger partial charge in [-0.15, -0.1) is 0 Å². The highest BCUT2D eigenvalue weighted by molar-refractivity contribution is 9.10. The molecule has 1 aliphatic rings. The van der Waals surface area contributed by atoms with Gasteiger partial charge in [0.05, 0.1) is 16.7 Å². The monoisotopic (exact) mass is 451 g/mol. The third kappa shape index (κ3) is 4.57. The van der Waals surface area contributed by atoms with Crippen LogP contribution in [0.5, 0.6) is 0 Å². The van der Waals surface area contributed by atoms with Crippen LogP contribution < -0.4 is 5.56 Å². The van der Waals surface area contributed by atoms with E-state index in [-0.39, 0.29) is 11.5 Å². The maximum absolute atomic E-state index is 12.8. The van der Waals surface area contributed by atoms with Crippen LogP contribution >= 0.6 is 27.7 Å². The van der Waals surface area contributed by atoms with Gasteiger partial charge in [0.1, 0.15) is 0 Å². The van der Waals surface area contributed by atoms with Crippen molar-refractivity contribution in [1.82, 2.24) is 14.5 Å². The van der Waals surface area contributed by atoms with Gasteiger partial charge in [0.15, 0.2) is 5.16 Å². The fourth-order valence-electron chi connectivity index (χ4n) is 3.62. The lowest BCUT2D eigenvalue weighted by Gasteiger charge is -2.33. The van der Waals surface area contributed by atoms with Crippen LogP contribution in [0.25, 0.3) is 10.9 Å². The van der Waals surface area contributed by atoms with Crippen molar-refractivity contribution in [3.05, 3.63) is 33.0 Å². The van der Waals surface area contributed by atoms with Crippen molar-refractivity contribution in [2.24, 2.45) is 5.92 Å². The Kier molecular flexibility index (Phi) is 6.63. The van der Waals surface area contributed by atoms with Crippen molar-refractivity contribution in [1.29, 1.82) is 0 Å². The Morgan fingerprint density at radius 1 is 1.33 bits per heavy atom. The lowest BCUT2D eigenvalue weighted by molar-refractivity contribution is -0.129. The molecule has 146 valence electrons. The van der Waals surface area contributed by atoms with Crippen molar-refractivity contribution < 1.29 is 4.79 Å². The zero-order valence-corrected chi connectivity index (χ0v) is 18.5. The number of nitrogens with zero attached hydrogens (tertiary/aromatic N) is 3. The first-order valence-electron chi connectivity index (χ1n) is 9.49. The quantitative estimate of drug-likeness (QED) is 0.501. The lowest BCUT2D eigenvalue weighted by Crippen LogP contribution is -2.40. The topological polar surface area (TPSA) is 55.2 Å². The number of amides is 1. The lowest BCUT2D eigenvalue weighted by atomic mass is 9.87. The Morgan fingerprint density at radius 3 is 2.70 bits per heavy atom. The number of carbonyl (C=O) groups is 1. The Bertz CT molecular complexity index is 891. The zero-order chi connectivity index (χ0) is 19.6. The molecule has 1 aromatic heterocycles. The second-order valence-electron chi connectivity index (χ2n) is 7.31. The molecule has 2 aromatic rings. The van der Waals surface area contributed by atoms with E-state index in [2.05, 4.69) is 27.8 Å². The van der Waals surface area contributed by atoms with Crippen LogP contribution in [0.15, 0.2) is 32.6 Å². The minimum atomic E-state index is -0.0617. The summed E-state index contributed by atoms with van der Waals surface area (Å²) < 4.78 is 2.50. The number of fused-ring (bicyclic) bond motifs is 1. The molecular formula is C20H26BrN3O2S. The van der Waals surface area contributed by atoms with E-state index < -0.39 is 0 Å². The van der Waals surface area contributed by atoms with Gasteiger partial charge in [0.2, 0.25) is 5.91 Å². The van der Waals surface area contributed by atoms with E-state index in [9.17, 15) is 9.59 Å². The van der Waals surface area contributed by atoms with Crippen molar-refractivity contribution in [2.45, 2.75) is 57.3 Å². The SMILES string of the molecule is CCn1c(SCC(=O)N(C)C2CCC(C)CC2)nc2ccc(Br)cc2c1=O. The number of aromatic nitrogens is 2. The maximum atomic E-state index is 12.8. The first-order chi connectivity index (χ1) is 12.9. The highest BCUT2D eigenvalue weighted by Crippen LogP contribution is 2.27. The molecule has 0 aliphatic heterocycles. The van der Waals surface area contributed by atoms with Gasteiger partial charge in [-0.3, -0.25) is 14.2 Å². The average molecular weight is 452 g/mol. The molecule has 0 saturated heterocycles. The fraction of sp³-hybridized carbons (Fsp3) is 0.550. The first-order valence-corrected chi connectivity index (χ1v) is 11.3. The third-order valence-corrected chi connectivity index (χ3v) is 6.90. The van der Waals surface area contributed by atoms with E-state index in [0.29, 0.717) is 34.4 Å². The standard InChI is InChI=1S/C20H26BrN3O2S/c1-4-24-19(26)16-11-14(21)7-10-17(16)22-20(24)27-12-18(25)23(3)15-8-5-13(2)6-9-15/h7,10-11,13,15H,4-6,8-9,12H2,1-3H3. The van der Waals surface area contributed by atoms with Gasteiger partial charge in [0, 0.05) is 24.1 Å². The highest BCUT2D eigenvalue weighted by atomic mass is 79.9. The summed E-state index contributed by atoms with van der Waals surface area (Å²) in [7, 11) is 1.90. The van der Waals surface area contributed by atoms with Gasteiger partial charge in [0.25, 0.3) is 5.56 Å². The van der Waals surface area contributed by atoms with Crippen LogP contribution in [-0.2, 0) is 11.3 Å². The molecule has 7 heteroatoms. The summed E-state index contributed by atoms with van der Waals surface area (Å²) in [6.07, 6.45) is 4.53. The number of carbonyl (C=O) groups excluding carboxylic acids is 1. The summed E-state index contributed by atoms with van der Waals surface area (Å²) in [5, 5.41) is 1.20. The number of rotatable bonds is 5. The normalized spacial score (nSPS) is 20.0. The smallest absolute Gasteiger partial charge is 0.262 e. The van der Waals surface area contributed by atoms with Gasteiger partial charge in [-0.25, -0.2) is 4.98 Å². The Hall–Kier alpha value is -1.34. The van der Waals surface area contributed by atoms with Crippen LogP contribution in [-0.4, -0.2) is 39.2 Å². The zero-order valence-electron chi connectivity index (χ0n) is 16.1. The molecule has 0 spiro atoms. The molecule has 0 bridgehead atoms. The Labute approximate surface area is 172 Å². The Balaban J connectivity index is 1.75. The van der Waals surface area contributed by atoms with Gasteiger partial charge in [-0.05, 0) is 56.7 Å². The molecule has 5 nitrogen and oxygen atoms in total. The molecule has 0 radical (unpaired) electrons. The molecule has 1 heterocycles. The average Bonchev–Trinajstić information content (AvgIpc) is 2.66. The number of hydrogen-bond acceptors (Lipinski definition) is 4. The fourth-order valence-corrected chi connectivity index (χ4v) is 4.97. The molecule has 1 aromatic carbocycles. The van der Waals surface area contributed by atoms with E-state index in [1.165, 1.54) is 24.6 Å². The summed E-state index contributed by atoms with van der Waals surface area (Å²) in [6, 6.07) is 5.85. The van der Waals surface area contributed by atoms with E-state index in [1.807, 2.05) is 31.0 Å². The molecule has 1 fully saturated rings. The molecule has 0 unspecified atom stereocenters. The molecule has 27 heavy (non-hydrogen) atoms. The minimum Gasteiger partial charge on any atom is -0.342 e. The predicted octanol–water partition coefficient (Wildman–Crippen LogP) is 4.31.